The predicted molar refractivity (Wildman–Crippen MR) is 114 cm³/mol. The van der Waals surface area contributed by atoms with Crippen molar-refractivity contribution in [3.63, 3.8) is 0 Å². The molecule has 1 saturated carbocycles. The Morgan fingerprint density at radius 2 is 1.67 bits per heavy atom. The Morgan fingerprint density at radius 1 is 0.963 bits per heavy atom. The number of aliphatic hydroxyl groups is 1. The standard InChI is InChI=1S/C24H44O3/c1-2-3-4-12-17-22(25)18-13-9-7-5-6-8-10-16-21-24(26)27-23-19-14-11-15-20-23/h9,13,22-23,25H,2-8,10-12,14-21H2,1H3/t22-/m1/s1. The van der Waals surface area contributed by atoms with Crippen LogP contribution in [0.3, 0.4) is 0 Å². The molecule has 0 aromatic carbocycles. The van der Waals surface area contributed by atoms with E-state index in [2.05, 4.69) is 19.1 Å². The molecule has 1 atom stereocenters. The van der Waals surface area contributed by atoms with Crippen LogP contribution in [0.25, 0.3) is 0 Å². The molecule has 1 fully saturated rings. The van der Waals surface area contributed by atoms with Crippen LogP contribution in [-0.2, 0) is 9.53 Å². The first-order valence-electron chi connectivity index (χ1n) is 11.7. The molecule has 0 aromatic rings. The summed E-state index contributed by atoms with van der Waals surface area (Å²) in [6, 6.07) is 0. The first kappa shape index (κ1) is 24.2. The van der Waals surface area contributed by atoms with E-state index >= 15 is 0 Å². The van der Waals surface area contributed by atoms with Gasteiger partial charge in [0.05, 0.1) is 6.10 Å². The van der Waals surface area contributed by atoms with E-state index in [4.69, 9.17) is 4.74 Å². The monoisotopic (exact) mass is 380 g/mol. The number of allylic oxidation sites excluding steroid dienone is 1. The van der Waals surface area contributed by atoms with Gasteiger partial charge in [0.2, 0.25) is 0 Å². The highest BCUT2D eigenvalue weighted by Gasteiger charge is 2.17. The summed E-state index contributed by atoms with van der Waals surface area (Å²) in [6.07, 6.45) is 24.3. The van der Waals surface area contributed by atoms with Crippen molar-refractivity contribution in [1.29, 1.82) is 0 Å². The number of carbonyl (C=O) groups is 1. The van der Waals surface area contributed by atoms with Crippen LogP contribution in [-0.4, -0.2) is 23.3 Å². The van der Waals surface area contributed by atoms with Crippen molar-refractivity contribution in [2.45, 2.75) is 135 Å². The summed E-state index contributed by atoms with van der Waals surface area (Å²) >= 11 is 0. The van der Waals surface area contributed by atoms with Gasteiger partial charge in [0.25, 0.3) is 0 Å². The van der Waals surface area contributed by atoms with E-state index < -0.39 is 0 Å². The van der Waals surface area contributed by atoms with Gasteiger partial charge in [-0.05, 0) is 57.8 Å². The first-order valence-corrected chi connectivity index (χ1v) is 11.7. The minimum Gasteiger partial charge on any atom is -0.462 e. The highest BCUT2D eigenvalue weighted by molar-refractivity contribution is 5.69. The maximum atomic E-state index is 11.8. The number of hydrogen-bond acceptors (Lipinski definition) is 3. The van der Waals surface area contributed by atoms with Crippen LogP contribution in [0.1, 0.15) is 122 Å². The summed E-state index contributed by atoms with van der Waals surface area (Å²) in [5.74, 6) is 0.0121. The van der Waals surface area contributed by atoms with Crippen molar-refractivity contribution in [1.82, 2.24) is 0 Å². The molecule has 3 nitrogen and oxygen atoms in total. The lowest BCUT2D eigenvalue weighted by atomic mass is 9.98. The zero-order chi connectivity index (χ0) is 19.6. The molecule has 0 aromatic heterocycles. The van der Waals surface area contributed by atoms with Crippen LogP contribution < -0.4 is 0 Å². The van der Waals surface area contributed by atoms with E-state index in [-0.39, 0.29) is 18.2 Å². The van der Waals surface area contributed by atoms with Gasteiger partial charge < -0.3 is 9.84 Å². The van der Waals surface area contributed by atoms with Gasteiger partial charge in [-0.2, -0.15) is 0 Å². The second-order valence-electron chi connectivity index (χ2n) is 8.27. The molecule has 1 N–H and O–H groups in total. The summed E-state index contributed by atoms with van der Waals surface area (Å²) in [5, 5.41) is 9.91. The molecule has 0 bridgehead atoms. The van der Waals surface area contributed by atoms with Crippen molar-refractivity contribution in [3.8, 4) is 0 Å². The van der Waals surface area contributed by atoms with Gasteiger partial charge in [-0.25, -0.2) is 0 Å². The van der Waals surface area contributed by atoms with Crippen molar-refractivity contribution < 1.29 is 14.6 Å². The Balaban J connectivity index is 1.84. The van der Waals surface area contributed by atoms with E-state index in [1.807, 2.05) is 0 Å². The fourth-order valence-electron chi connectivity index (χ4n) is 3.79. The number of ether oxygens (including phenoxy) is 1. The first-order chi connectivity index (χ1) is 13.2. The molecule has 158 valence electrons. The van der Waals surface area contributed by atoms with Crippen molar-refractivity contribution in [2.24, 2.45) is 0 Å². The zero-order valence-corrected chi connectivity index (χ0v) is 17.8. The largest absolute Gasteiger partial charge is 0.462 e. The van der Waals surface area contributed by atoms with Crippen LogP contribution in [0.5, 0.6) is 0 Å². The van der Waals surface area contributed by atoms with Gasteiger partial charge >= 0.3 is 5.97 Å². The number of unbranched alkanes of at least 4 members (excludes halogenated alkanes) is 8. The smallest absolute Gasteiger partial charge is 0.306 e. The Kier molecular flexibility index (Phi) is 15.5. The van der Waals surface area contributed by atoms with Crippen LogP contribution >= 0.6 is 0 Å². The number of aliphatic hydroxyl groups excluding tert-OH is 1. The van der Waals surface area contributed by atoms with Gasteiger partial charge in [0.15, 0.2) is 0 Å². The molecule has 0 aliphatic heterocycles. The topological polar surface area (TPSA) is 46.5 Å². The summed E-state index contributed by atoms with van der Waals surface area (Å²) < 4.78 is 5.55. The fraction of sp³-hybridized carbons (Fsp3) is 0.875. The van der Waals surface area contributed by atoms with Crippen molar-refractivity contribution in [3.05, 3.63) is 12.2 Å². The third-order valence-electron chi connectivity index (χ3n) is 5.57. The molecular formula is C24H44O3. The van der Waals surface area contributed by atoms with Gasteiger partial charge in [0.1, 0.15) is 6.10 Å². The lowest BCUT2D eigenvalue weighted by Gasteiger charge is -2.21. The molecule has 0 amide bonds. The Hall–Kier alpha value is -0.830. The van der Waals surface area contributed by atoms with Crippen molar-refractivity contribution in [2.75, 3.05) is 0 Å². The van der Waals surface area contributed by atoms with Crippen LogP contribution in [0, 0.1) is 0 Å². The summed E-state index contributed by atoms with van der Waals surface area (Å²) in [6.45, 7) is 2.21. The third kappa shape index (κ3) is 14.8. The normalized spacial score (nSPS) is 16.7. The molecule has 0 radical (unpaired) electrons. The highest BCUT2D eigenvalue weighted by atomic mass is 16.5. The maximum Gasteiger partial charge on any atom is 0.306 e. The molecule has 0 heterocycles. The second kappa shape index (κ2) is 17.3. The molecule has 27 heavy (non-hydrogen) atoms. The average Bonchev–Trinajstić information content (AvgIpc) is 2.67. The molecule has 1 aliphatic carbocycles. The maximum absolute atomic E-state index is 11.8. The zero-order valence-electron chi connectivity index (χ0n) is 17.8. The average molecular weight is 381 g/mol. The van der Waals surface area contributed by atoms with E-state index in [1.165, 1.54) is 57.8 Å². The SMILES string of the molecule is CCCCCC[C@@H](O)CC=CCCCCCCCC(=O)OC1CCCCC1. The van der Waals surface area contributed by atoms with Gasteiger partial charge in [-0.1, -0.05) is 70.4 Å². The molecule has 0 spiro atoms. The molecule has 1 aliphatic rings. The highest BCUT2D eigenvalue weighted by Crippen LogP contribution is 2.21. The summed E-state index contributed by atoms with van der Waals surface area (Å²) in [5.41, 5.74) is 0. The Bertz CT molecular complexity index is 372. The van der Waals surface area contributed by atoms with Crippen LogP contribution in [0.4, 0.5) is 0 Å². The second-order valence-corrected chi connectivity index (χ2v) is 8.27. The third-order valence-corrected chi connectivity index (χ3v) is 5.57. The minimum absolute atomic E-state index is 0.0121. The molecule has 0 saturated heterocycles. The molecular weight excluding hydrogens is 336 g/mol. The number of carbonyl (C=O) groups excluding carboxylic acids is 1. The van der Waals surface area contributed by atoms with Crippen LogP contribution in [0.2, 0.25) is 0 Å². The number of hydrogen-bond donors (Lipinski definition) is 1. The molecule has 1 rings (SSSR count). The quantitative estimate of drug-likeness (QED) is 0.180. The number of rotatable bonds is 16. The van der Waals surface area contributed by atoms with Crippen LogP contribution in [0.15, 0.2) is 12.2 Å². The predicted octanol–water partition coefficient (Wildman–Crippen LogP) is 6.87. The van der Waals surface area contributed by atoms with E-state index in [0.717, 1.165) is 51.4 Å². The van der Waals surface area contributed by atoms with E-state index in [1.54, 1.807) is 0 Å². The van der Waals surface area contributed by atoms with Crippen molar-refractivity contribution >= 4 is 5.97 Å². The summed E-state index contributed by atoms with van der Waals surface area (Å²) in [4.78, 5) is 11.8. The van der Waals surface area contributed by atoms with E-state index in [9.17, 15) is 9.90 Å². The molecule has 0 unspecified atom stereocenters. The Labute approximate surface area is 168 Å². The fourth-order valence-corrected chi connectivity index (χ4v) is 3.79. The van der Waals surface area contributed by atoms with Gasteiger partial charge in [-0.3, -0.25) is 4.79 Å². The molecule has 3 heteroatoms. The summed E-state index contributed by atoms with van der Waals surface area (Å²) in [7, 11) is 0. The van der Waals surface area contributed by atoms with Gasteiger partial charge in [-0.15, -0.1) is 0 Å². The lowest BCUT2D eigenvalue weighted by molar-refractivity contribution is -0.150. The van der Waals surface area contributed by atoms with Gasteiger partial charge in [0, 0.05) is 6.42 Å². The van der Waals surface area contributed by atoms with E-state index in [0.29, 0.717) is 6.42 Å². The number of esters is 1. The minimum atomic E-state index is -0.161. The Morgan fingerprint density at radius 3 is 2.44 bits per heavy atom. The lowest BCUT2D eigenvalue weighted by Crippen LogP contribution is -2.20.